The van der Waals surface area contributed by atoms with Crippen LogP contribution in [0.25, 0.3) is 0 Å². The first kappa shape index (κ1) is 18.4. The highest BCUT2D eigenvalue weighted by molar-refractivity contribution is 5.88. The lowest BCUT2D eigenvalue weighted by atomic mass is 9.93. The lowest BCUT2D eigenvalue weighted by Gasteiger charge is -2.13. The third-order valence-corrected chi connectivity index (χ3v) is 3.94. The Kier molecular flexibility index (Phi) is 8.48. The fourth-order valence-corrected chi connectivity index (χ4v) is 2.42. The number of hydrogen-bond acceptors (Lipinski definition) is 3. The highest BCUT2D eigenvalue weighted by atomic mass is 16.2. The van der Waals surface area contributed by atoms with Gasteiger partial charge in [0, 0.05) is 18.2 Å². The minimum Gasteiger partial charge on any atom is -0.296 e. The molecule has 1 unspecified atom stereocenters. The van der Waals surface area contributed by atoms with Crippen molar-refractivity contribution in [1.29, 1.82) is 0 Å². The van der Waals surface area contributed by atoms with E-state index in [1.807, 2.05) is 6.92 Å². The second kappa shape index (κ2) is 10.1. The van der Waals surface area contributed by atoms with Crippen LogP contribution in [0.2, 0.25) is 0 Å². The lowest BCUT2D eigenvalue weighted by molar-refractivity contribution is -0.116. The van der Waals surface area contributed by atoms with Crippen molar-refractivity contribution in [2.45, 2.75) is 72.1 Å². The number of unbranched alkanes of at least 4 members (excludes halogenated alkanes) is 2. The van der Waals surface area contributed by atoms with Gasteiger partial charge in [-0.05, 0) is 18.8 Å². The average Bonchev–Trinajstić information content (AvgIpc) is 2.51. The van der Waals surface area contributed by atoms with Gasteiger partial charge in [-0.2, -0.15) is 0 Å². The number of hydrogen-bond donors (Lipinski definition) is 2. The van der Waals surface area contributed by atoms with Gasteiger partial charge in [0.1, 0.15) is 0 Å². The zero-order chi connectivity index (χ0) is 16.4. The van der Waals surface area contributed by atoms with Crippen molar-refractivity contribution in [3.63, 3.8) is 0 Å². The summed E-state index contributed by atoms with van der Waals surface area (Å²) in [4.78, 5) is 30.6. The molecule has 0 aliphatic heterocycles. The monoisotopic (exact) mass is 307 g/mol. The fourth-order valence-electron chi connectivity index (χ4n) is 2.42. The smallest absolute Gasteiger partial charge is 0.255 e. The molecule has 124 valence electrons. The second-order valence-corrected chi connectivity index (χ2v) is 5.86. The Morgan fingerprint density at radius 1 is 1.27 bits per heavy atom. The average molecular weight is 307 g/mol. The van der Waals surface area contributed by atoms with E-state index in [1.165, 1.54) is 12.8 Å². The minimum absolute atomic E-state index is 0.105. The summed E-state index contributed by atoms with van der Waals surface area (Å²) in [6, 6.07) is 0. The lowest BCUT2D eigenvalue weighted by Crippen LogP contribution is -2.21. The largest absolute Gasteiger partial charge is 0.296 e. The van der Waals surface area contributed by atoms with Crippen molar-refractivity contribution >= 4 is 11.9 Å². The Hall–Kier alpha value is -1.65. The van der Waals surface area contributed by atoms with Crippen molar-refractivity contribution in [1.82, 2.24) is 9.97 Å². The van der Waals surface area contributed by atoms with E-state index in [1.54, 1.807) is 6.20 Å². The Morgan fingerprint density at radius 2 is 2.00 bits per heavy atom. The minimum atomic E-state index is -0.143. The molecule has 1 atom stereocenters. The number of nitrogens with one attached hydrogen (secondary N) is 2. The van der Waals surface area contributed by atoms with E-state index in [9.17, 15) is 9.59 Å². The van der Waals surface area contributed by atoms with Crippen LogP contribution in [0.1, 0.15) is 71.3 Å². The fraction of sp³-hybridized carbons (Fsp3) is 0.706. The van der Waals surface area contributed by atoms with Crippen molar-refractivity contribution in [3.05, 3.63) is 22.1 Å². The van der Waals surface area contributed by atoms with E-state index < -0.39 is 0 Å². The number of aromatic amines is 1. The van der Waals surface area contributed by atoms with E-state index in [0.717, 1.165) is 32.1 Å². The third kappa shape index (κ3) is 6.41. The molecule has 5 heteroatoms. The van der Waals surface area contributed by atoms with Gasteiger partial charge in [0.15, 0.2) is 0 Å². The van der Waals surface area contributed by atoms with Gasteiger partial charge in [-0.25, -0.2) is 4.98 Å². The van der Waals surface area contributed by atoms with Crippen LogP contribution in [0.15, 0.2) is 11.0 Å². The maximum Gasteiger partial charge on any atom is 0.255 e. The van der Waals surface area contributed by atoms with Crippen molar-refractivity contribution < 1.29 is 4.79 Å². The molecule has 22 heavy (non-hydrogen) atoms. The Morgan fingerprint density at radius 3 is 2.59 bits per heavy atom. The Labute approximate surface area is 132 Å². The van der Waals surface area contributed by atoms with Gasteiger partial charge in [0.2, 0.25) is 11.9 Å². The molecule has 0 bridgehead atoms. The molecule has 0 radical (unpaired) electrons. The van der Waals surface area contributed by atoms with Gasteiger partial charge < -0.3 is 0 Å². The first-order valence-corrected chi connectivity index (χ1v) is 8.48. The zero-order valence-corrected chi connectivity index (χ0v) is 14.1. The van der Waals surface area contributed by atoms with Gasteiger partial charge in [-0.3, -0.25) is 19.9 Å². The maximum atomic E-state index is 12.1. The van der Waals surface area contributed by atoms with Crippen molar-refractivity contribution in [2.75, 3.05) is 5.32 Å². The third-order valence-electron chi connectivity index (χ3n) is 3.94. The molecule has 1 aromatic heterocycles. The molecule has 5 nitrogen and oxygen atoms in total. The molecular formula is C17H29N3O2. The standard InChI is InChI=1S/C17H29N3O2/c1-4-7-9-13(6-3)11-14-12-18-17(20-16(14)22)19-15(21)10-8-5-2/h12-13H,4-11H2,1-3H3,(H2,18,19,20,21,22). The number of carbonyl (C=O) groups is 1. The SMILES string of the molecule is CCCCC(=O)Nc1ncc(CC(CC)CCCC)c(=O)[nH]1. The number of carbonyl (C=O) groups excluding carboxylic acids is 1. The number of H-pyrrole nitrogens is 1. The number of nitrogens with zero attached hydrogens (tertiary/aromatic N) is 1. The molecule has 0 aromatic carbocycles. The van der Waals surface area contributed by atoms with Crippen LogP contribution in [0, 0.1) is 5.92 Å². The predicted octanol–water partition coefficient (Wildman–Crippen LogP) is 3.66. The summed E-state index contributed by atoms with van der Waals surface area (Å²) in [6.07, 6.45) is 9.18. The van der Waals surface area contributed by atoms with E-state index in [-0.39, 0.29) is 17.4 Å². The first-order valence-electron chi connectivity index (χ1n) is 8.48. The molecule has 0 fully saturated rings. The van der Waals surface area contributed by atoms with Gasteiger partial charge in [0.25, 0.3) is 5.56 Å². The highest BCUT2D eigenvalue weighted by Gasteiger charge is 2.11. The molecule has 0 saturated heterocycles. The van der Waals surface area contributed by atoms with E-state index in [2.05, 4.69) is 29.1 Å². The normalized spacial score (nSPS) is 12.1. The first-order chi connectivity index (χ1) is 10.6. The number of amides is 1. The van der Waals surface area contributed by atoms with E-state index in [4.69, 9.17) is 0 Å². The quantitative estimate of drug-likeness (QED) is 0.692. The summed E-state index contributed by atoms with van der Waals surface area (Å²) >= 11 is 0. The molecular weight excluding hydrogens is 278 g/mol. The van der Waals surface area contributed by atoms with Gasteiger partial charge in [0.05, 0.1) is 0 Å². The van der Waals surface area contributed by atoms with Crippen molar-refractivity contribution in [3.8, 4) is 0 Å². The molecule has 1 aromatic rings. The molecule has 0 aliphatic carbocycles. The summed E-state index contributed by atoms with van der Waals surface area (Å²) in [5.41, 5.74) is 0.560. The van der Waals surface area contributed by atoms with Crippen LogP contribution in [0.3, 0.4) is 0 Å². The van der Waals surface area contributed by atoms with Gasteiger partial charge in [-0.15, -0.1) is 0 Å². The summed E-state index contributed by atoms with van der Waals surface area (Å²) in [5.74, 6) is 0.663. The molecule has 0 spiro atoms. The van der Waals surface area contributed by atoms with Crippen LogP contribution in [0.5, 0.6) is 0 Å². The molecule has 1 rings (SSSR count). The van der Waals surface area contributed by atoms with Crippen molar-refractivity contribution in [2.24, 2.45) is 5.92 Å². The second-order valence-electron chi connectivity index (χ2n) is 5.86. The van der Waals surface area contributed by atoms with Crippen LogP contribution >= 0.6 is 0 Å². The van der Waals surface area contributed by atoms with Crippen LogP contribution in [0.4, 0.5) is 5.95 Å². The molecule has 2 N–H and O–H groups in total. The number of anilines is 1. The maximum absolute atomic E-state index is 12.1. The summed E-state index contributed by atoms with van der Waals surface area (Å²) in [6.45, 7) is 6.37. The van der Waals surface area contributed by atoms with E-state index >= 15 is 0 Å². The highest BCUT2D eigenvalue weighted by Crippen LogP contribution is 2.16. The van der Waals surface area contributed by atoms with Gasteiger partial charge >= 0.3 is 0 Å². The zero-order valence-electron chi connectivity index (χ0n) is 14.1. The summed E-state index contributed by atoms with van der Waals surface area (Å²) < 4.78 is 0. The number of aromatic nitrogens is 2. The Bertz CT molecular complexity index is 511. The molecule has 1 amide bonds. The van der Waals surface area contributed by atoms with E-state index in [0.29, 0.717) is 17.9 Å². The van der Waals surface area contributed by atoms with Crippen LogP contribution < -0.4 is 10.9 Å². The molecule has 1 heterocycles. The van der Waals surface area contributed by atoms with Crippen LogP contribution in [-0.4, -0.2) is 15.9 Å². The summed E-state index contributed by atoms with van der Waals surface area (Å²) in [7, 11) is 0. The number of rotatable bonds is 10. The predicted molar refractivity (Wildman–Crippen MR) is 90.0 cm³/mol. The topological polar surface area (TPSA) is 74.8 Å². The summed E-state index contributed by atoms with van der Waals surface area (Å²) in [5, 5.41) is 2.64. The molecule has 0 saturated carbocycles. The van der Waals surface area contributed by atoms with Gasteiger partial charge in [-0.1, -0.05) is 52.9 Å². The Balaban J connectivity index is 2.64. The van der Waals surface area contributed by atoms with Crippen LogP contribution in [-0.2, 0) is 11.2 Å². The molecule has 0 aliphatic rings.